The van der Waals surface area contributed by atoms with Crippen molar-refractivity contribution in [2.75, 3.05) is 22.1 Å². The summed E-state index contributed by atoms with van der Waals surface area (Å²) in [4.78, 5) is 41.9. The molecule has 13 atom stereocenters. The maximum atomic E-state index is 14.4. The minimum Gasteiger partial charge on any atom is -0.395 e. The van der Waals surface area contributed by atoms with Gasteiger partial charge in [-0.25, -0.2) is 0 Å². The number of anilines is 3. The predicted molar refractivity (Wildman–Crippen MR) is 221 cm³/mol. The minimum atomic E-state index is -2.20. The van der Waals surface area contributed by atoms with Crippen molar-refractivity contribution in [1.82, 2.24) is 15.0 Å². The lowest BCUT2D eigenvalue weighted by Gasteiger charge is -2.37. The Hall–Kier alpha value is -5.53. The van der Waals surface area contributed by atoms with Crippen LogP contribution in [0.4, 0.5) is 17.1 Å². The van der Waals surface area contributed by atoms with E-state index in [1.54, 1.807) is 42.1 Å². The van der Waals surface area contributed by atoms with E-state index in [1.807, 2.05) is 30.3 Å². The van der Waals surface area contributed by atoms with Gasteiger partial charge in [0.15, 0.2) is 30.4 Å². The Labute approximate surface area is 365 Å². The van der Waals surface area contributed by atoms with Gasteiger partial charge in [-0.15, -0.1) is 5.10 Å². The van der Waals surface area contributed by atoms with E-state index in [0.717, 1.165) is 5.56 Å². The van der Waals surface area contributed by atoms with Crippen molar-refractivity contribution in [3.63, 3.8) is 0 Å². The summed E-state index contributed by atoms with van der Waals surface area (Å²) in [5, 5.41) is 116. The van der Waals surface area contributed by atoms with Crippen LogP contribution < -0.4 is 15.5 Å². The molecule has 4 aromatic rings. The first-order chi connectivity index (χ1) is 30.5. The molecule has 2 fully saturated rings. The highest BCUT2D eigenvalue weighted by Gasteiger charge is 2.53. The number of aryl methyl sites for hydroxylation is 1. The first-order valence-electron chi connectivity index (χ1n) is 20.4. The van der Waals surface area contributed by atoms with E-state index in [-0.39, 0.29) is 41.7 Å². The van der Waals surface area contributed by atoms with E-state index >= 15 is 0 Å². The summed E-state index contributed by atoms with van der Waals surface area (Å²) in [5.74, 6) is -3.87. The molecule has 4 heterocycles. The molecule has 3 aliphatic heterocycles. The van der Waals surface area contributed by atoms with Crippen LogP contribution in [0.2, 0.25) is 0 Å². The first-order valence-corrected chi connectivity index (χ1v) is 20.4. The molecule has 3 amide bonds. The van der Waals surface area contributed by atoms with Crippen molar-refractivity contribution < 1.29 is 74.9 Å². The molecular formula is C43H50N6O15. The van der Waals surface area contributed by atoms with Gasteiger partial charge in [0.1, 0.15) is 36.6 Å². The molecule has 0 bridgehead atoms. The van der Waals surface area contributed by atoms with Crippen molar-refractivity contribution in [2.24, 2.45) is 5.92 Å². The van der Waals surface area contributed by atoms with Crippen LogP contribution in [0.1, 0.15) is 41.6 Å². The molecule has 12 N–H and O–H groups in total. The summed E-state index contributed by atoms with van der Waals surface area (Å²) in [6.45, 7) is 1.76. The summed E-state index contributed by atoms with van der Waals surface area (Å²) in [7, 11) is 0. The average molecular weight is 891 g/mol. The van der Waals surface area contributed by atoms with Crippen LogP contribution >= 0.6 is 0 Å². The zero-order valence-electron chi connectivity index (χ0n) is 34.2. The predicted octanol–water partition coefficient (Wildman–Crippen LogP) is -2.10. The van der Waals surface area contributed by atoms with Gasteiger partial charge in [-0.05, 0) is 47.9 Å². The smallest absolute Gasteiger partial charge is 0.264 e. The number of amides is 3. The fourth-order valence-corrected chi connectivity index (χ4v) is 7.92. The van der Waals surface area contributed by atoms with Gasteiger partial charge in [0, 0.05) is 35.6 Å². The molecule has 0 saturated carbocycles. The van der Waals surface area contributed by atoms with E-state index in [4.69, 9.17) is 9.47 Å². The lowest BCUT2D eigenvalue weighted by atomic mass is 9.82. The molecule has 0 spiro atoms. The lowest BCUT2D eigenvalue weighted by Crippen LogP contribution is -2.60. The quantitative estimate of drug-likeness (QED) is 0.0603. The summed E-state index contributed by atoms with van der Waals surface area (Å²) in [6.07, 6.45) is -13.0. The van der Waals surface area contributed by atoms with Gasteiger partial charge in [-0.3, -0.25) is 19.1 Å². The summed E-state index contributed by atoms with van der Waals surface area (Å²) in [6, 6.07) is 19.8. The second-order valence-electron chi connectivity index (χ2n) is 16.0. The number of nitrogens with zero attached hydrogens (tertiary/aromatic N) is 4. The molecule has 1 aromatic heterocycles. The molecular weight excluding hydrogens is 840 g/mol. The Morgan fingerprint density at radius 3 is 1.97 bits per heavy atom. The highest BCUT2D eigenvalue weighted by molar-refractivity contribution is 6.08. The van der Waals surface area contributed by atoms with Crippen LogP contribution in [0.25, 0.3) is 0 Å². The number of benzene rings is 3. The Morgan fingerprint density at radius 2 is 1.38 bits per heavy atom. The number of aromatic nitrogens is 3. The van der Waals surface area contributed by atoms with Crippen LogP contribution in [-0.2, 0) is 42.5 Å². The number of nitrogens with one attached hydrogen (secondary N) is 2. The number of carbonyl (C=O) groups is 3. The number of hydrogen-bond acceptors (Lipinski definition) is 17. The zero-order valence-corrected chi connectivity index (χ0v) is 34.2. The molecule has 0 aliphatic carbocycles. The van der Waals surface area contributed by atoms with Crippen LogP contribution in [-0.4, -0.2) is 152 Å². The lowest BCUT2D eigenvalue weighted by molar-refractivity contribution is -0.274. The van der Waals surface area contributed by atoms with E-state index in [9.17, 15) is 65.4 Å². The van der Waals surface area contributed by atoms with Gasteiger partial charge in [-0.2, -0.15) is 0 Å². The average Bonchev–Trinajstić information content (AvgIpc) is 3.84. The molecule has 2 saturated heterocycles. The van der Waals surface area contributed by atoms with Gasteiger partial charge in [0.05, 0.1) is 30.5 Å². The standard InChI is InChI=1S/C43H50N6O15/c1-21(7-5-6-16-48-19-28(46-47-48)26(20-50)23-8-3-2-4-9-23)43(62)27-17-25(45-39(58)37-33(54)31(52)35(56)41(60)64-37)14-15-29(27)49(42(43)61)18-22-10-12-24(13-11-22)44-38(57)36-32(53)30(51)34(55)40(59)63-36/h2-5,7-15,17,19,21,26,30-37,40-41,50-56,59-60,62H,6,16,18,20H2,1H3,(H,44,57)(H,45,58)/b7-5+/t21-,26?,30-,31-,32-,33-,34+,35+,36-,37-,40+,41+,43+/m0/s1. The van der Waals surface area contributed by atoms with Gasteiger partial charge in [0.2, 0.25) is 0 Å². The maximum Gasteiger partial charge on any atom is 0.264 e. The molecule has 7 rings (SSSR count). The van der Waals surface area contributed by atoms with Crippen LogP contribution in [0.3, 0.4) is 0 Å². The SMILES string of the molecule is C[C@@H](/C=C/CCn1cc(C(CO)c2ccccc2)nn1)[C@]1(O)C(=O)N(Cc2ccc(NC(=O)[C@H]3O[C@@H](O)[C@H](O)[C@@H](O)[C@@H]3O)cc2)c2ccc(NC(=O)[C@H]3O[C@@H](O)[C@H](O)[C@@H](O)[C@@H]3O)cc21. The van der Waals surface area contributed by atoms with Crippen molar-refractivity contribution in [3.05, 3.63) is 114 Å². The molecule has 0 radical (unpaired) electrons. The van der Waals surface area contributed by atoms with Gasteiger partial charge >= 0.3 is 0 Å². The maximum absolute atomic E-state index is 14.4. The molecule has 342 valence electrons. The number of rotatable bonds is 14. The number of hydrogen-bond donors (Lipinski definition) is 12. The number of aliphatic hydroxyl groups is 10. The normalized spacial score (nSPS) is 30.2. The van der Waals surface area contributed by atoms with E-state index in [1.165, 1.54) is 35.2 Å². The number of aliphatic hydroxyl groups excluding tert-OH is 9. The fraction of sp³-hybridized carbons (Fsp3) is 0.419. The number of ether oxygens (including phenoxy) is 2. The van der Waals surface area contributed by atoms with Gasteiger partial charge in [0.25, 0.3) is 17.7 Å². The highest BCUT2D eigenvalue weighted by Crippen LogP contribution is 2.47. The summed E-state index contributed by atoms with van der Waals surface area (Å²) in [5.41, 5.74) is 0.463. The van der Waals surface area contributed by atoms with Crippen LogP contribution in [0, 0.1) is 5.92 Å². The summed E-state index contributed by atoms with van der Waals surface area (Å²) >= 11 is 0. The van der Waals surface area contributed by atoms with Crippen molar-refractivity contribution in [3.8, 4) is 0 Å². The Bertz CT molecular complexity index is 2320. The first kappa shape index (κ1) is 46.5. The second kappa shape index (κ2) is 19.3. The Balaban J connectivity index is 1.09. The number of fused-ring (bicyclic) bond motifs is 1. The molecule has 3 aromatic carbocycles. The minimum absolute atomic E-state index is 0.0549. The van der Waals surface area contributed by atoms with Crippen molar-refractivity contribution in [2.45, 2.75) is 99.4 Å². The van der Waals surface area contributed by atoms with Crippen molar-refractivity contribution in [1.29, 1.82) is 0 Å². The van der Waals surface area contributed by atoms with Crippen molar-refractivity contribution >= 4 is 34.8 Å². The molecule has 21 heteroatoms. The molecule has 1 unspecified atom stereocenters. The Morgan fingerprint density at radius 1 is 0.797 bits per heavy atom. The fourth-order valence-electron chi connectivity index (χ4n) is 7.92. The third-order valence-electron chi connectivity index (χ3n) is 11.7. The molecule has 3 aliphatic rings. The third-order valence-corrected chi connectivity index (χ3v) is 11.7. The third kappa shape index (κ3) is 9.19. The largest absolute Gasteiger partial charge is 0.395 e. The highest BCUT2D eigenvalue weighted by atomic mass is 16.6. The molecule has 21 nitrogen and oxygen atoms in total. The monoisotopic (exact) mass is 890 g/mol. The van der Waals surface area contributed by atoms with Gasteiger partial charge in [-0.1, -0.05) is 66.8 Å². The summed E-state index contributed by atoms with van der Waals surface area (Å²) < 4.78 is 11.7. The van der Waals surface area contributed by atoms with Crippen LogP contribution in [0.5, 0.6) is 0 Å². The topological polar surface area (TPSA) is 330 Å². The van der Waals surface area contributed by atoms with E-state index < -0.39 is 90.7 Å². The van der Waals surface area contributed by atoms with E-state index in [0.29, 0.717) is 24.2 Å². The van der Waals surface area contributed by atoms with E-state index in [2.05, 4.69) is 20.9 Å². The van der Waals surface area contributed by atoms with Crippen LogP contribution in [0.15, 0.2) is 91.1 Å². The number of carbonyl (C=O) groups excluding carboxylic acids is 3. The molecule has 64 heavy (non-hydrogen) atoms. The Kier molecular flexibility index (Phi) is 14.0. The zero-order chi connectivity index (χ0) is 46.0. The second-order valence-corrected chi connectivity index (χ2v) is 16.0. The number of allylic oxidation sites excluding steroid dienone is 1. The van der Waals surface area contributed by atoms with Gasteiger partial charge < -0.3 is 76.1 Å².